The van der Waals surface area contributed by atoms with Gasteiger partial charge >= 0.3 is 0 Å². The van der Waals surface area contributed by atoms with Gasteiger partial charge in [-0.3, -0.25) is 0 Å². The third-order valence-electron chi connectivity index (χ3n) is 2.64. The van der Waals surface area contributed by atoms with Crippen molar-refractivity contribution in [3.63, 3.8) is 0 Å². The molecule has 1 aromatic heterocycles. The maximum absolute atomic E-state index is 13.1. The zero-order chi connectivity index (χ0) is 14.1. The quantitative estimate of drug-likeness (QED) is 0.778. The highest BCUT2D eigenvalue weighted by Crippen LogP contribution is 2.25. The van der Waals surface area contributed by atoms with Gasteiger partial charge in [-0.2, -0.15) is 4.98 Å². The molecule has 6 heteroatoms. The first-order chi connectivity index (χ1) is 9.61. The largest absolute Gasteiger partial charge is 0.508 e. The summed E-state index contributed by atoms with van der Waals surface area (Å²) in [4.78, 5) is 4.05. The van der Waals surface area contributed by atoms with Crippen molar-refractivity contribution < 1.29 is 18.4 Å². The second kappa shape index (κ2) is 4.73. The molecule has 0 fully saturated rings. The lowest BCUT2D eigenvalue weighted by molar-refractivity contribution is 0.431. The molecule has 4 nitrogen and oxygen atoms in total. The molecule has 0 amide bonds. The van der Waals surface area contributed by atoms with Crippen LogP contribution in [0.25, 0.3) is 22.8 Å². The second-order valence-electron chi connectivity index (χ2n) is 4.13. The van der Waals surface area contributed by atoms with Crippen LogP contribution in [0.15, 0.2) is 47.0 Å². The van der Waals surface area contributed by atoms with Gasteiger partial charge in [0.05, 0.1) is 0 Å². The molecule has 20 heavy (non-hydrogen) atoms. The number of benzene rings is 2. The fraction of sp³-hybridized carbons (Fsp3) is 0. The van der Waals surface area contributed by atoms with Crippen LogP contribution in [0.4, 0.5) is 8.78 Å². The average Bonchev–Trinajstić information content (AvgIpc) is 2.87. The molecule has 3 aromatic rings. The maximum Gasteiger partial charge on any atom is 0.258 e. The van der Waals surface area contributed by atoms with Crippen LogP contribution in [0.5, 0.6) is 5.75 Å². The molecule has 0 bridgehead atoms. The second-order valence-corrected chi connectivity index (χ2v) is 4.13. The molecular formula is C14H8F2N2O2. The van der Waals surface area contributed by atoms with Gasteiger partial charge in [-0.05, 0) is 24.3 Å². The Morgan fingerprint density at radius 2 is 1.70 bits per heavy atom. The van der Waals surface area contributed by atoms with Crippen LogP contribution in [-0.4, -0.2) is 15.2 Å². The number of nitrogens with zero attached hydrogens (tertiary/aromatic N) is 2. The van der Waals surface area contributed by atoms with E-state index in [-0.39, 0.29) is 23.0 Å². The number of rotatable bonds is 2. The Morgan fingerprint density at radius 1 is 0.950 bits per heavy atom. The Labute approximate surface area is 112 Å². The topological polar surface area (TPSA) is 59.2 Å². The summed E-state index contributed by atoms with van der Waals surface area (Å²) in [7, 11) is 0. The van der Waals surface area contributed by atoms with Gasteiger partial charge in [0.15, 0.2) is 0 Å². The minimum atomic E-state index is -0.725. The molecule has 3 rings (SSSR count). The summed E-state index contributed by atoms with van der Waals surface area (Å²) >= 11 is 0. The van der Waals surface area contributed by atoms with Crippen LogP contribution in [-0.2, 0) is 0 Å². The Hall–Kier alpha value is -2.76. The predicted molar refractivity (Wildman–Crippen MR) is 66.8 cm³/mol. The lowest BCUT2D eigenvalue weighted by Crippen LogP contribution is -1.85. The molecule has 0 atom stereocenters. The molecule has 0 saturated carbocycles. The monoisotopic (exact) mass is 274 g/mol. The highest BCUT2D eigenvalue weighted by Gasteiger charge is 2.12. The number of aromatic hydroxyl groups is 1. The van der Waals surface area contributed by atoms with Crippen molar-refractivity contribution in [2.24, 2.45) is 0 Å². The van der Waals surface area contributed by atoms with Gasteiger partial charge in [0, 0.05) is 17.2 Å². The van der Waals surface area contributed by atoms with E-state index >= 15 is 0 Å². The fourth-order valence-electron chi connectivity index (χ4n) is 1.78. The van der Waals surface area contributed by atoms with E-state index in [1.807, 2.05) is 0 Å². The van der Waals surface area contributed by atoms with Crippen LogP contribution < -0.4 is 0 Å². The summed E-state index contributed by atoms with van der Waals surface area (Å²) in [6.45, 7) is 0. The Balaban J connectivity index is 2.02. The van der Waals surface area contributed by atoms with Crippen molar-refractivity contribution in [3.05, 3.63) is 54.1 Å². The molecule has 0 radical (unpaired) electrons. The highest BCUT2D eigenvalue weighted by molar-refractivity contribution is 5.61. The van der Waals surface area contributed by atoms with E-state index < -0.39 is 11.6 Å². The minimum absolute atomic E-state index is 0.00161. The number of aromatic nitrogens is 2. The van der Waals surface area contributed by atoms with Crippen LogP contribution in [0.2, 0.25) is 0 Å². The summed E-state index contributed by atoms with van der Waals surface area (Å²) in [5.41, 5.74) is 0.693. The van der Waals surface area contributed by atoms with Crippen LogP contribution >= 0.6 is 0 Å². The van der Waals surface area contributed by atoms with E-state index in [1.165, 1.54) is 12.1 Å². The fourth-order valence-corrected chi connectivity index (χ4v) is 1.78. The average molecular weight is 274 g/mol. The van der Waals surface area contributed by atoms with Crippen LogP contribution in [0, 0.1) is 11.6 Å². The Kier molecular flexibility index (Phi) is 2.90. The van der Waals surface area contributed by atoms with Gasteiger partial charge in [0.2, 0.25) is 5.82 Å². The number of hydrogen-bond acceptors (Lipinski definition) is 4. The van der Waals surface area contributed by atoms with Crippen molar-refractivity contribution in [1.82, 2.24) is 10.1 Å². The molecule has 0 aliphatic carbocycles. The van der Waals surface area contributed by atoms with Gasteiger partial charge in [-0.1, -0.05) is 17.3 Å². The van der Waals surface area contributed by atoms with E-state index in [1.54, 1.807) is 12.1 Å². The van der Waals surface area contributed by atoms with Crippen molar-refractivity contribution in [1.29, 1.82) is 0 Å². The molecule has 1 N–H and O–H groups in total. The van der Waals surface area contributed by atoms with Gasteiger partial charge in [0.1, 0.15) is 17.4 Å². The zero-order valence-electron chi connectivity index (χ0n) is 10.0. The molecule has 0 spiro atoms. The lowest BCUT2D eigenvalue weighted by atomic mass is 10.2. The van der Waals surface area contributed by atoms with E-state index in [0.29, 0.717) is 5.56 Å². The SMILES string of the molecule is Oc1cccc(-c2noc(-c3cc(F)cc(F)c3)n2)c1. The number of phenolic OH excluding ortho intramolecular Hbond substituents is 1. The van der Waals surface area contributed by atoms with Crippen molar-refractivity contribution in [2.45, 2.75) is 0 Å². The lowest BCUT2D eigenvalue weighted by Gasteiger charge is -1.96. The first-order valence-corrected chi connectivity index (χ1v) is 5.71. The van der Waals surface area contributed by atoms with E-state index in [0.717, 1.165) is 18.2 Å². The molecule has 0 unspecified atom stereocenters. The number of halogens is 2. The molecular weight excluding hydrogens is 266 g/mol. The van der Waals surface area contributed by atoms with E-state index in [4.69, 9.17) is 4.52 Å². The van der Waals surface area contributed by atoms with Gasteiger partial charge in [0.25, 0.3) is 5.89 Å². The van der Waals surface area contributed by atoms with Crippen molar-refractivity contribution >= 4 is 0 Å². The molecule has 1 heterocycles. The van der Waals surface area contributed by atoms with E-state index in [2.05, 4.69) is 10.1 Å². The van der Waals surface area contributed by atoms with Crippen LogP contribution in [0.1, 0.15) is 0 Å². The standard InChI is InChI=1S/C14H8F2N2O2/c15-10-4-9(5-11(16)7-10)14-17-13(18-20-14)8-2-1-3-12(19)6-8/h1-7,19H. The summed E-state index contributed by atoms with van der Waals surface area (Å²) in [5.74, 6) is -1.16. The number of hydrogen-bond donors (Lipinski definition) is 1. The molecule has 0 saturated heterocycles. The van der Waals surface area contributed by atoms with Crippen molar-refractivity contribution in [3.8, 4) is 28.6 Å². The Morgan fingerprint density at radius 3 is 2.40 bits per heavy atom. The smallest absolute Gasteiger partial charge is 0.258 e. The molecule has 2 aromatic carbocycles. The van der Waals surface area contributed by atoms with E-state index in [9.17, 15) is 13.9 Å². The van der Waals surface area contributed by atoms with Gasteiger partial charge < -0.3 is 9.63 Å². The first-order valence-electron chi connectivity index (χ1n) is 5.71. The summed E-state index contributed by atoms with van der Waals surface area (Å²) in [6, 6.07) is 9.23. The maximum atomic E-state index is 13.1. The third-order valence-corrected chi connectivity index (χ3v) is 2.64. The first kappa shape index (κ1) is 12.3. The van der Waals surface area contributed by atoms with Crippen molar-refractivity contribution in [2.75, 3.05) is 0 Å². The molecule has 100 valence electrons. The summed E-state index contributed by atoms with van der Waals surface area (Å²) in [6.07, 6.45) is 0. The zero-order valence-corrected chi connectivity index (χ0v) is 10.0. The molecule has 0 aliphatic rings. The predicted octanol–water partition coefficient (Wildman–Crippen LogP) is 3.39. The molecule has 0 aliphatic heterocycles. The highest BCUT2D eigenvalue weighted by atomic mass is 19.1. The Bertz CT molecular complexity index is 751. The van der Waals surface area contributed by atoms with Gasteiger partial charge in [-0.25, -0.2) is 8.78 Å². The minimum Gasteiger partial charge on any atom is -0.508 e. The third kappa shape index (κ3) is 2.35. The normalized spacial score (nSPS) is 10.7. The van der Waals surface area contributed by atoms with Crippen LogP contribution in [0.3, 0.4) is 0 Å². The summed E-state index contributed by atoms with van der Waals surface area (Å²) < 4.78 is 31.2. The number of phenols is 1. The summed E-state index contributed by atoms with van der Waals surface area (Å²) in [5, 5.41) is 13.1. The van der Waals surface area contributed by atoms with Gasteiger partial charge in [-0.15, -0.1) is 0 Å².